The molecule has 4 N–H and O–H groups in total. The topological polar surface area (TPSA) is 114 Å². The van der Waals surface area contributed by atoms with Crippen LogP contribution in [-0.2, 0) is 4.79 Å². The third-order valence-corrected chi connectivity index (χ3v) is 7.52. The van der Waals surface area contributed by atoms with Gasteiger partial charge in [0.2, 0.25) is 17.9 Å². The van der Waals surface area contributed by atoms with Crippen molar-refractivity contribution in [3.8, 4) is 17.0 Å². The first-order valence-electron chi connectivity index (χ1n) is 12.6. The van der Waals surface area contributed by atoms with Crippen LogP contribution in [0.1, 0.15) is 30.9 Å². The number of ether oxygens (including phenoxy) is 1. The van der Waals surface area contributed by atoms with Gasteiger partial charge in [0, 0.05) is 31.3 Å². The number of halogens is 5. The molecule has 3 heterocycles. The molecule has 5 rings (SSSR count). The standard InChI is InChI=1S/C27H26F5N5O3/c28-18-6-5-17(11-19(18)29)15-1-3-16(4-2-15)23(27(30,31)32)40-22-12-21(35-25(33)36-22)37-9-7-26(8-10-37)13-20(24(38)39)34-14-26/h1-6,11-12,20,23,34H,7-10,13-14H2,(H,38,39)(H2,33,35,36)/t20-,23+/m0/s1. The molecule has 1 aromatic heterocycles. The summed E-state index contributed by atoms with van der Waals surface area (Å²) in [6.07, 6.45) is -5.32. The maximum Gasteiger partial charge on any atom is 0.429 e. The van der Waals surface area contributed by atoms with E-state index in [2.05, 4.69) is 15.3 Å². The van der Waals surface area contributed by atoms with Crippen molar-refractivity contribution in [3.63, 3.8) is 0 Å². The number of benzene rings is 2. The first kappa shape index (κ1) is 27.6. The minimum atomic E-state index is -4.81. The smallest absolute Gasteiger partial charge is 0.429 e. The molecule has 0 saturated carbocycles. The van der Waals surface area contributed by atoms with Gasteiger partial charge in [-0.2, -0.15) is 23.1 Å². The SMILES string of the molecule is Nc1nc(O[C@H](c2ccc(-c3ccc(F)c(F)c3)cc2)C(F)(F)F)cc(N2CCC3(CC2)CN[C@H](C(=O)O)C3)n1. The van der Waals surface area contributed by atoms with Crippen LogP contribution < -0.4 is 20.7 Å². The van der Waals surface area contributed by atoms with Crippen LogP contribution in [0.5, 0.6) is 5.88 Å². The number of aromatic nitrogens is 2. The number of nitrogens with two attached hydrogens (primary N) is 1. The summed E-state index contributed by atoms with van der Waals surface area (Å²) in [5.74, 6) is -3.28. The van der Waals surface area contributed by atoms with Gasteiger partial charge < -0.3 is 25.8 Å². The minimum Gasteiger partial charge on any atom is -0.480 e. The molecule has 2 aromatic carbocycles. The Morgan fingerprint density at radius 2 is 1.73 bits per heavy atom. The Kier molecular flexibility index (Phi) is 7.25. The fourth-order valence-electron chi connectivity index (χ4n) is 5.31. The summed E-state index contributed by atoms with van der Waals surface area (Å²) in [6.45, 7) is 1.61. The predicted octanol–water partition coefficient (Wildman–Crippen LogP) is 4.72. The van der Waals surface area contributed by atoms with E-state index in [0.29, 0.717) is 55.8 Å². The number of nitrogens with zero attached hydrogens (tertiary/aromatic N) is 3. The van der Waals surface area contributed by atoms with E-state index in [1.807, 2.05) is 4.90 Å². The summed E-state index contributed by atoms with van der Waals surface area (Å²) >= 11 is 0. The molecule has 3 aromatic rings. The molecule has 0 unspecified atom stereocenters. The summed E-state index contributed by atoms with van der Waals surface area (Å²) in [5, 5.41) is 12.3. The molecule has 0 amide bonds. The number of carboxylic acid groups (broad SMARTS) is 1. The molecule has 212 valence electrons. The van der Waals surface area contributed by atoms with Crippen LogP contribution in [-0.4, -0.2) is 52.9 Å². The number of nitrogen functional groups attached to an aromatic ring is 1. The number of carbonyl (C=O) groups is 1. The van der Waals surface area contributed by atoms with Crippen molar-refractivity contribution in [1.29, 1.82) is 0 Å². The van der Waals surface area contributed by atoms with Crippen LogP contribution in [0, 0.1) is 17.0 Å². The maximum absolute atomic E-state index is 14.1. The number of anilines is 2. The molecule has 2 aliphatic heterocycles. The number of nitrogens with one attached hydrogen (secondary N) is 1. The highest BCUT2D eigenvalue weighted by molar-refractivity contribution is 5.74. The van der Waals surface area contributed by atoms with E-state index in [4.69, 9.17) is 10.5 Å². The number of piperidine rings is 1. The molecule has 8 nitrogen and oxygen atoms in total. The molecule has 2 aliphatic rings. The summed E-state index contributed by atoms with van der Waals surface area (Å²) in [7, 11) is 0. The van der Waals surface area contributed by atoms with E-state index in [0.717, 1.165) is 12.1 Å². The molecule has 2 fully saturated rings. The van der Waals surface area contributed by atoms with Crippen LogP contribution in [0.25, 0.3) is 11.1 Å². The molecule has 0 bridgehead atoms. The average molecular weight is 564 g/mol. The van der Waals surface area contributed by atoms with E-state index >= 15 is 0 Å². The van der Waals surface area contributed by atoms with Gasteiger partial charge in [0.25, 0.3) is 0 Å². The zero-order chi connectivity index (χ0) is 28.7. The highest BCUT2D eigenvalue weighted by Gasteiger charge is 2.45. The van der Waals surface area contributed by atoms with E-state index in [1.54, 1.807) is 0 Å². The molecular formula is C27H26F5N5O3. The third-order valence-electron chi connectivity index (χ3n) is 7.52. The summed E-state index contributed by atoms with van der Waals surface area (Å²) < 4.78 is 74.4. The lowest BCUT2D eigenvalue weighted by Crippen LogP contribution is -2.41. The van der Waals surface area contributed by atoms with Gasteiger partial charge in [0.15, 0.2) is 11.6 Å². The van der Waals surface area contributed by atoms with Gasteiger partial charge in [-0.1, -0.05) is 30.3 Å². The normalized spacial score (nSPS) is 19.5. The van der Waals surface area contributed by atoms with E-state index in [-0.39, 0.29) is 22.8 Å². The quantitative estimate of drug-likeness (QED) is 0.370. The first-order chi connectivity index (χ1) is 18.9. The molecule has 13 heteroatoms. The molecule has 2 saturated heterocycles. The predicted molar refractivity (Wildman–Crippen MR) is 136 cm³/mol. The van der Waals surface area contributed by atoms with Crippen molar-refractivity contribution in [2.24, 2.45) is 5.41 Å². The molecule has 0 radical (unpaired) electrons. The minimum absolute atomic E-state index is 0.162. The fourth-order valence-corrected chi connectivity index (χ4v) is 5.31. The average Bonchev–Trinajstić information content (AvgIpc) is 3.32. The summed E-state index contributed by atoms with van der Waals surface area (Å²) in [4.78, 5) is 21.2. The van der Waals surface area contributed by atoms with Crippen LogP contribution in [0.4, 0.5) is 33.7 Å². The Morgan fingerprint density at radius 1 is 1.05 bits per heavy atom. The van der Waals surface area contributed by atoms with Crippen LogP contribution in [0.3, 0.4) is 0 Å². The molecule has 1 spiro atoms. The lowest BCUT2D eigenvalue weighted by molar-refractivity contribution is -0.198. The number of carboxylic acids is 1. The number of alkyl halides is 3. The Balaban J connectivity index is 1.32. The van der Waals surface area contributed by atoms with Crippen molar-refractivity contribution < 1.29 is 36.6 Å². The second-order valence-electron chi connectivity index (χ2n) is 10.2. The highest BCUT2D eigenvalue weighted by atomic mass is 19.4. The fraction of sp³-hybridized carbons (Fsp3) is 0.370. The second-order valence-corrected chi connectivity index (χ2v) is 10.2. The zero-order valence-electron chi connectivity index (χ0n) is 21.1. The largest absolute Gasteiger partial charge is 0.480 e. The van der Waals surface area contributed by atoms with Gasteiger partial charge in [-0.3, -0.25) is 4.79 Å². The Hall–Kier alpha value is -4.00. The van der Waals surface area contributed by atoms with Gasteiger partial charge in [-0.05, 0) is 47.9 Å². The molecular weight excluding hydrogens is 537 g/mol. The number of hydrogen-bond acceptors (Lipinski definition) is 7. The Labute approximate surface area is 226 Å². The molecule has 40 heavy (non-hydrogen) atoms. The lowest BCUT2D eigenvalue weighted by atomic mass is 9.76. The third kappa shape index (κ3) is 5.79. The van der Waals surface area contributed by atoms with Gasteiger partial charge >= 0.3 is 12.1 Å². The van der Waals surface area contributed by atoms with Crippen molar-refractivity contribution >= 4 is 17.7 Å². The first-order valence-corrected chi connectivity index (χ1v) is 12.6. The summed E-state index contributed by atoms with van der Waals surface area (Å²) in [6, 6.07) is 9.06. The van der Waals surface area contributed by atoms with Crippen LogP contribution >= 0.6 is 0 Å². The Morgan fingerprint density at radius 3 is 2.33 bits per heavy atom. The van der Waals surface area contributed by atoms with E-state index in [1.165, 1.54) is 36.4 Å². The van der Waals surface area contributed by atoms with Crippen LogP contribution in [0.2, 0.25) is 0 Å². The lowest BCUT2D eigenvalue weighted by Gasteiger charge is -2.39. The van der Waals surface area contributed by atoms with Crippen molar-refractivity contribution in [2.45, 2.75) is 37.6 Å². The number of rotatable bonds is 6. The van der Waals surface area contributed by atoms with Gasteiger partial charge in [-0.25, -0.2) is 8.78 Å². The number of aliphatic carboxylic acids is 1. The highest BCUT2D eigenvalue weighted by Crippen LogP contribution is 2.41. The zero-order valence-corrected chi connectivity index (χ0v) is 21.1. The molecule has 0 aliphatic carbocycles. The number of hydrogen-bond donors (Lipinski definition) is 3. The summed E-state index contributed by atoms with van der Waals surface area (Å²) in [5.41, 5.74) is 6.14. The monoisotopic (exact) mass is 563 g/mol. The maximum atomic E-state index is 14.1. The van der Waals surface area contributed by atoms with Gasteiger partial charge in [0.05, 0.1) is 0 Å². The Bertz CT molecular complexity index is 1390. The van der Waals surface area contributed by atoms with E-state index < -0.39 is 35.9 Å². The second kappa shape index (κ2) is 10.5. The van der Waals surface area contributed by atoms with Crippen molar-refractivity contribution in [2.75, 3.05) is 30.3 Å². The molecule has 2 atom stereocenters. The van der Waals surface area contributed by atoms with Gasteiger partial charge in [0.1, 0.15) is 11.9 Å². The van der Waals surface area contributed by atoms with Gasteiger partial charge in [-0.15, -0.1) is 0 Å². The van der Waals surface area contributed by atoms with Crippen molar-refractivity contribution in [3.05, 3.63) is 65.7 Å². The van der Waals surface area contributed by atoms with E-state index in [9.17, 15) is 31.9 Å². The van der Waals surface area contributed by atoms with Crippen molar-refractivity contribution in [1.82, 2.24) is 15.3 Å². The van der Waals surface area contributed by atoms with Crippen LogP contribution in [0.15, 0.2) is 48.5 Å².